The van der Waals surface area contributed by atoms with E-state index in [2.05, 4.69) is 26.9 Å². The monoisotopic (exact) mass is 314 g/mol. The van der Waals surface area contributed by atoms with Crippen LogP contribution in [0.25, 0.3) is 10.2 Å². The Bertz CT molecular complexity index is 785. The molecule has 3 aromatic heterocycles. The zero-order chi connectivity index (χ0) is 14.2. The molecular weight excluding hydrogens is 300 g/mol. The lowest BCUT2D eigenvalue weighted by molar-refractivity contribution is 0.509. The van der Waals surface area contributed by atoms with E-state index in [1.54, 1.807) is 18.7 Å². The summed E-state index contributed by atoms with van der Waals surface area (Å²) in [6, 6.07) is 1.83. The van der Waals surface area contributed by atoms with Crippen molar-refractivity contribution in [2.24, 2.45) is 5.92 Å². The number of aryl methyl sites for hydroxylation is 1. The molecule has 0 fully saturated rings. The summed E-state index contributed by atoms with van der Waals surface area (Å²) in [4.78, 5) is 20.1. The summed E-state index contributed by atoms with van der Waals surface area (Å²) in [7, 11) is 0. The second-order valence-electron chi connectivity index (χ2n) is 5.34. The van der Waals surface area contributed by atoms with E-state index in [9.17, 15) is 0 Å². The first kappa shape index (κ1) is 13.2. The first-order valence-corrected chi connectivity index (χ1v) is 8.64. The molecule has 3 heterocycles. The van der Waals surface area contributed by atoms with Crippen molar-refractivity contribution in [2.45, 2.75) is 36.4 Å². The lowest BCUT2D eigenvalue weighted by atomic mass is 9.89. The zero-order valence-electron chi connectivity index (χ0n) is 11.6. The van der Waals surface area contributed by atoms with Crippen LogP contribution in [0.1, 0.15) is 23.8 Å². The summed E-state index contributed by atoms with van der Waals surface area (Å²) in [5, 5.41) is 2.95. The molecule has 0 radical (unpaired) electrons. The van der Waals surface area contributed by atoms with Gasteiger partial charge in [0.05, 0.1) is 0 Å². The minimum absolute atomic E-state index is 0.738. The van der Waals surface area contributed by atoms with Crippen LogP contribution in [0, 0.1) is 5.92 Å². The molecule has 0 aliphatic heterocycles. The summed E-state index contributed by atoms with van der Waals surface area (Å²) in [5.74, 6) is 0.770. The van der Waals surface area contributed by atoms with Gasteiger partial charge in [0.1, 0.15) is 16.2 Å². The Labute approximate surface area is 131 Å². The molecule has 4 rings (SSSR count). The van der Waals surface area contributed by atoms with Crippen molar-refractivity contribution in [3.63, 3.8) is 0 Å². The highest BCUT2D eigenvalue weighted by atomic mass is 32.2. The molecule has 106 valence electrons. The predicted octanol–water partition coefficient (Wildman–Crippen LogP) is 3.76. The smallest absolute Gasteiger partial charge is 0.193 e. The number of nitrogens with zero attached hydrogens (tertiary/aromatic N) is 4. The zero-order valence-corrected chi connectivity index (χ0v) is 13.2. The SMILES string of the molecule is C[C@H]1CCc2c(sc3ncnc(Sc4ncccn4)c23)C1. The summed E-state index contributed by atoms with van der Waals surface area (Å²) >= 11 is 3.35. The molecule has 0 spiro atoms. The van der Waals surface area contributed by atoms with E-state index in [0.29, 0.717) is 0 Å². The van der Waals surface area contributed by atoms with Gasteiger partial charge in [-0.15, -0.1) is 11.3 Å². The molecule has 3 aromatic rings. The number of fused-ring (bicyclic) bond motifs is 3. The van der Waals surface area contributed by atoms with Crippen LogP contribution in [0.4, 0.5) is 0 Å². The second kappa shape index (κ2) is 5.35. The summed E-state index contributed by atoms with van der Waals surface area (Å²) < 4.78 is 0. The highest BCUT2D eigenvalue weighted by Gasteiger charge is 2.23. The van der Waals surface area contributed by atoms with Gasteiger partial charge in [0.25, 0.3) is 0 Å². The van der Waals surface area contributed by atoms with Crippen molar-refractivity contribution >= 4 is 33.3 Å². The van der Waals surface area contributed by atoms with Gasteiger partial charge in [0, 0.05) is 22.7 Å². The molecule has 0 aromatic carbocycles. The number of thiophene rings is 1. The highest BCUT2D eigenvalue weighted by Crippen LogP contribution is 2.41. The third-order valence-electron chi connectivity index (χ3n) is 3.79. The van der Waals surface area contributed by atoms with Gasteiger partial charge in [-0.05, 0) is 48.6 Å². The quantitative estimate of drug-likeness (QED) is 0.532. The predicted molar refractivity (Wildman–Crippen MR) is 84.8 cm³/mol. The van der Waals surface area contributed by atoms with E-state index >= 15 is 0 Å². The fourth-order valence-corrected chi connectivity index (χ4v) is 4.98. The van der Waals surface area contributed by atoms with Gasteiger partial charge in [-0.3, -0.25) is 0 Å². The van der Waals surface area contributed by atoms with E-state index < -0.39 is 0 Å². The average molecular weight is 314 g/mol. The van der Waals surface area contributed by atoms with E-state index in [0.717, 1.165) is 27.4 Å². The number of rotatable bonds is 2. The van der Waals surface area contributed by atoms with Crippen LogP contribution in [-0.2, 0) is 12.8 Å². The molecular formula is C15H14N4S2. The van der Waals surface area contributed by atoms with Crippen LogP contribution in [0.2, 0.25) is 0 Å². The Kier molecular flexibility index (Phi) is 3.35. The van der Waals surface area contributed by atoms with Gasteiger partial charge >= 0.3 is 0 Å². The molecule has 0 saturated heterocycles. The van der Waals surface area contributed by atoms with E-state index in [1.165, 1.54) is 40.4 Å². The largest absolute Gasteiger partial charge is 0.231 e. The molecule has 0 amide bonds. The van der Waals surface area contributed by atoms with Gasteiger partial charge < -0.3 is 0 Å². The molecule has 4 nitrogen and oxygen atoms in total. The molecule has 1 aliphatic rings. The van der Waals surface area contributed by atoms with Crippen LogP contribution in [0.5, 0.6) is 0 Å². The Balaban J connectivity index is 1.82. The van der Waals surface area contributed by atoms with Crippen LogP contribution < -0.4 is 0 Å². The van der Waals surface area contributed by atoms with Gasteiger partial charge in [-0.2, -0.15) is 0 Å². The van der Waals surface area contributed by atoms with Gasteiger partial charge in [0.2, 0.25) is 0 Å². The first-order valence-electron chi connectivity index (χ1n) is 7.01. The van der Waals surface area contributed by atoms with Crippen LogP contribution in [-0.4, -0.2) is 19.9 Å². The highest BCUT2D eigenvalue weighted by molar-refractivity contribution is 7.99. The number of hydrogen-bond acceptors (Lipinski definition) is 6. The molecule has 0 unspecified atom stereocenters. The Hall–Kier alpha value is -1.53. The minimum atomic E-state index is 0.738. The topological polar surface area (TPSA) is 51.6 Å². The third-order valence-corrected chi connectivity index (χ3v) is 5.85. The second-order valence-corrected chi connectivity index (χ2v) is 7.38. The van der Waals surface area contributed by atoms with Crippen molar-refractivity contribution in [2.75, 3.05) is 0 Å². The molecule has 1 aliphatic carbocycles. The fourth-order valence-electron chi connectivity index (χ4n) is 2.75. The van der Waals surface area contributed by atoms with Crippen molar-refractivity contribution in [1.82, 2.24) is 19.9 Å². The van der Waals surface area contributed by atoms with Crippen molar-refractivity contribution in [3.8, 4) is 0 Å². The Morgan fingerprint density at radius 2 is 2.05 bits per heavy atom. The molecule has 21 heavy (non-hydrogen) atoms. The molecule has 0 saturated carbocycles. The van der Waals surface area contributed by atoms with Crippen LogP contribution >= 0.6 is 23.1 Å². The normalized spacial score (nSPS) is 17.9. The van der Waals surface area contributed by atoms with Crippen LogP contribution in [0.3, 0.4) is 0 Å². The Morgan fingerprint density at radius 3 is 2.90 bits per heavy atom. The standard InChI is InChI=1S/C15H14N4S2/c1-9-3-4-10-11(7-9)20-13-12(10)14(19-8-18-13)21-15-16-5-2-6-17-15/h2,5-6,8-9H,3-4,7H2,1H3/t9-/m0/s1. The summed E-state index contributed by atoms with van der Waals surface area (Å²) in [5.41, 5.74) is 1.45. The maximum Gasteiger partial charge on any atom is 0.193 e. The molecule has 6 heteroatoms. The molecule has 1 atom stereocenters. The number of aromatic nitrogens is 4. The lowest BCUT2D eigenvalue weighted by Gasteiger charge is -2.17. The maximum atomic E-state index is 4.48. The van der Waals surface area contributed by atoms with Crippen molar-refractivity contribution < 1.29 is 0 Å². The minimum Gasteiger partial charge on any atom is -0.231 e. The fraction of sp³-hybridized carbons (Fsp3) is 0.333. The van der Waals surface area contributed by atoms with E-state index in [-0.39, 0.29) is 0 Å². The van der Waals surface area contributed by atoms with Gasteiger partial charge in [-0.25, -0.2) is 19.9 Å². The summed E-state index contributed by atoms with van der Waals surface area (Å²) in [6.45, 7) is 2.33. The summed E-state index contributed by atoms with van der Waals surface area (Å²) in [6.07, 6.45) is 8.73. The third kappa shape index (κ3) is 2.42. The average Bonchev–Trinajstić information content (AvgIpc) is 2.86. The van der Waals surface area contributed by atoms with E-state index in [4.69, 9.17) is 0 Å². The van der Waals surface area contributed by atoms with Gasteiger partial charge in [0.15, 0.2) is 5.16 Å². The van der Waals surface area contributed by atoms with Crippen molar-refractivity contribution in [1.29, 1.82) is 0 Å². The Morgan fingerprint density at radius 1 is 1.19 bits per heavy atom. The molecule has 0 bridgehead atoms. The van der Waals surface area contributed by atoms with Gasteiger partial charge in [-0.1, -0.05) is 6.92 Å². The first-order chi connectivity index (χ1) is 10.3. The lowest BCUT2D eigenvalue weighted by Crippen LogP contribution is -2.08. The van der Waals surface area contributed by atoms with Crippen molar-refractivity contribution in [3.05, 3.63) is 35.2 Å². The molecule has 0 N–H and O–H groups in total. The van der Waals surface area contributed by atoms with E-state index in [1.807, 2.05) is 17.4 Å². The number of hydrogen-bond donors (Lipinski definition) is 0. The maximum absolute atomic E-state index is 4.48. The van der Waals surface area contributed by atoms with Crippen LogP contribution in [0.15, 0.2) is 35.0 Å².